The summed E-state index contributed by atoms with van der Waals surface area (Å²) in [5, 5.41) is 3.00. The zero-order valence-corrected chi connectivity index (χ0v) is 17.1. The molecule has 2 aromatic carbocycles. The van der Waals surface area contributed by atoms with Crippen LogP contribution >= 0.6 is 23.4 Å². The van der Waals surface area contributed by atoms with Crippen LogP contribution in [0, 0.1) is 5.82 Å². The largest absolute Gasteiger partial charge is 0.493 e. The van der Waals surface area contributed by atoms with Gasteiger partial charge in [-0.1, -0.05) is 23.7 Å². The Labute approximate surface area is 175 Å². The zero-order chi connectivity index (χ0) is 21.0. The standard InChI is InChI=1S/C20H16ClFN2O4S/c1-11(25)23-20-24-19(26)17(29-20)9-13-7-15(21)18(16(8-13)27-2)28-10-12-3-5-14(22)6-4-12/h3-9H,10H2,1-2H3,(H,23,24,25,26). The number of halogens is 2. The molecule has 1 aliphatic rings. The monoisotopic (exact) mass is 434 g/mol. The van der Waals surface area contributed by atoms with Gasteiger partial charge in [0, 0.05) is 6.92 Å². The fourth-order valence-electron chi connectivity index (χ4n) is 2.46. The molecule has 0 fully saturated rings. The predicted octanol–water partition coefficient (Wildman–Crippen LogP) is 4.17. The summed E-state index contributed by atoms with van der Waals surface area (Å²) in [6.07, 6.45) is 1.60. The maximum atomic E-state index is 13.0. The maximum Gasteiger partial charge on any atom is 0.286 e. The van der Waals surface area contributed by atoms with Crippen molar-refractivity contribution in [3.63, 3.8) is 0 Å². The average molecular weight is 435 g/mol. The molecule has 29 heavy (non-hydrogen) atoms. The van der Waals surface area contributed by atoms with Gasteiger partial charge >= 0.3 is 0 Å². The molecule has 0 unspecified atom stereocenters. The minimum Gasteiger partial charge on any atom is -0.493 e. The first kappa shape index (κ1) is 20.9. The van der Waals surface area contributed by atoms with Gasteiger partial charge in [0.1, 0.15) is 12.4 Å². The van der Waals surface area contributed by atoms with Gasteiger partial charge in [-0.25, -0.2) is 4.39 Å². The summed E-state index contributed by atoms with van der Waals surface area (Å²) in [5.41, 5.74) is 1.38. The smallest absolute Gasteiger partial charge is 0.286 e. The molecule has 6 nitrogen and oxygen atoms in total. The highest BCUT2D eigenvalue weighted by Gasteiger charge is 2.23. The minimum absolute atomic E-state index is 0.180. The lowest BCUT2D eigenvalue weighted by molar-refractivity contribution is -0.117. The quantitative estimate of drug-likeness (QED) is 0.714. The van der Waals surface area contributed by atoms with E-state index in [1.54, 1.807) is 30.3 Å². The Bertz CT molecular complexity index is 1020. The summed E-state index contributed by atoms with van der Waals surface area (Å²) in [7, 11) is 1.47. The highest BCUT2D eigenvalue weighted by molar-refractivity contribution is 8.18. The number of amidine groups is 1. The predicted molar refractivity (Wildman–Crippen MR) is 111 cm³/mol. The number of nitrogens with one attached hydrogen (secondary N) is 1. The molecule has 150 valence electrons. The van der Waals surface area contributed by atoms with Crippen molar-refractivity contribution in [3.8, 4) is 11.5 Å². The third-order valence-electron chi connectivity index (χ3n) is 3.75. The van der Waals surface area contributed by atoms with E-state index in [2.05, 4.69) is 10.3 Å². The van der Waals surface area contributed by atoms with Crippen LogP contribution in [0.15, 0.2) is 46.3 Å². The third-order valence-corrected chi connectivity index (χ3v) is 4.93. The number of ether oxygens (including phenoxy) is 2. The van der Waals surface area contributed by atoms with E-state index in [1.807, 2.05) is 0 Å². The number of carbonyl (C=O) groups excluding carboxylic acids is 2. The molecule has 9 heteroatoms. The van der Waals surface area contributed by atoms with E-state index in [-0.39, 0.29) is 28.5 Å². The molecule has 0 radical (unpaired) electrons. The molecule has 2 aromatic rings. The number of nitrogens with zero attached hydrogens (tertiary/aromatic N) is 1. The van der Waals surface area contributed by atoms with Crippen molar-refractivity contribution in [2.45, 2.75) is 13.5 Å². The lowest BCUT2D eigenvalue weighted by Crippen LogP contribution is -2.23. The molecule has 0 aromatic heterocycles. The Balaban J connectivity index is 1.79. The first-order valence-corrected chi connectivity index (χ1v) is 9.60. The summed E-state index contributed by atoms with van der Waals surface area (Å²) in [6.45, 7) is 1.52. The topological polar surface area (TPSA) is 77.0 Å². The average Bonchev–Trinajstić information content (AvgIpc) is 2.99. The molecule has 0 bridgehead atoms. The number of aliphatic imine (C=N–C) groups is 1. The normalized spacial score (nSPS) is 14.7. The van der Waals surface area contributed by atoms with Gasteiger partial charge in [-0.15, -0.1) is 0 Å². The van der Waals surface area contributed by atoms with Gasteiger partial charge in [-0.3, -0.25) is 9.59 Å². The van der Waals surface area contributed by atoms with Crippen LogP contribution in [0.1, 0.15) is 18.1 Å². The summed E-state index contributed by atoms with van der Waals surface area (Å²) < 4.78 is 24.1. The first-order valence-electron chi connectivity index (χ1n) is 8.40. The van der Waals surface area contributed by atoms with Crippen LogP contribution in [0.5, 0.6) is 11.5 Å². The fourth-order valence-corrected chi connectivity index (χ4v) is 3.60. The summed E-state index contributed by atoms with van der Waals surface area (Å²) in [6, 6.07) is 9.22. The van der Waals surface area contributed by atoms with Gasteiger partial charge in [-0.05, 0) is 53.2 Å². The van der Waals surface area contributed by atoms with Crippen LogP contribution in [0.3, 0.4) is 0 Å². The van der Waals surface area contributed by atoms with Crippen molar-refractivity contribution in [2.75, 3.05) is 7.11 Å². The Hall–Kier alpha value is -2.84. The number of amides is 2. The van der Waals surface area contributed by atoms with Crippen molar-refractivity contribution >= 4 is 46.4 Å². The van der Waals surface area contributed by atoms with Crippen LogP contribution in [-0.2, 0) is 16.2 Å². The molecule has 1 N–H and O–H groups in total. The van der Waals surface area contributed by atoms with Gasteiger partial charge in [0.25, 0.3) is 5.91 Å². The van der Waals surface area contributed by atoms with Crippen molar-refractivity contribution < 1.29 is 23.5 Å². The van der Waals surface area contributed by atoms with E-state index < -0.39 is 5.91 Å². The molecular weight excluding hydrogens is 419 g/mol. The van der Waals surface area contributed by atoms with Gasteiger partial charge in [0.15, 0.2) is 16.7 Å². The molecule has 0 aliphatic carbocycles. The zero-order valence-electron chi connectivity index (χ0n) is 15.5. The molecule has 0 spiro atoms. The minimum atomic E-state index is -0.453. The molecule has 0 saturated heterocycles. The van der Waals surface area contributed by atoms with E-state index in [9.17, 15) is 14.0 Å². The Kier molecular flexibility index (Phi) is 6.56. The van der Waals surface area contributed by atoms with E-state index in [0.29, 0.717) is 22.0 Å². The molecule has 1 aliphatic heterocycles. The van der Waals surface area contributed by atoms with Crippen molar-refractivity contribution in [1.29, 1.82) is 0 Å². The van der Waals surface area contributed by atoms with Gasteiger partial charge < -0.3 is 14.8 Å². The number of benzene rings is 2. The Morgan fingerprint density at radius 1 is 1.31 bits per heavy atom. The molecule has 2 amide bonds. The van der Waals surface area contributed by atoms with E-state index in [0.717, 1.165) is 17.3 Å². The van der Waals surface area contributed by atoms with E-state index in [4.69, 9.17) is 21.1 Å². The second-order valence-electron chi connectivity index (χ2n) is 5.96. The third kappa shape index (κ3) is 5.36. The lowest BCUT2D eigenvalue weighted by atomic mass is 10.1. The Morgan fingerprint density at radius 3 is 2.69 bits per heavy atom. The van der Waals surface area contributed by atoms with Gasteiger partial charge in [0.2, 0.25) is 5.91 Å². The lowest BCUT2D eigenvalue weighted by Gasteiger charge is -2.13. The number of rotatable bonds is 5. The van der Waals surface area contributed by atoms with E-state index >= 15 is 0 Å². The number of methoxy groups -OCH3 is 1. The second-order valence-corrected chi connectivity index (χ2v) is 7.40. The Morgan fingerprint density at radius 2 is 2.03 bits per heavy atom. The van der Waals surface area contributed by atoms with Gasteiger partial charge in [-0.2, -0.15) is 4.99 Å². The number of carbonyl (C=O) groups is 2. The number of hydrogen-bond donors (Lipinski definition) is 1. The molecular formula is C20H16ClFN2O4S. The fraction of sp³-hybridized carbons (Fsp3) is 0.150. The SMILES string of the molecule is COc1cc(C=C2SC(NC(C)=O)=NC2=O)cc(Cl)c1OCc1ccc(F)cc1. The van der Waals surface area contributed by atoms with E-state index in [1.165, 1.54) is 26.2 Å². The van der Waals surface area contributed by atoms with Crippen molar-refractivity contribution in [1.82, 2.24) is 5.32 Å². The van der Waals surface area contributed by atoms with Crippen LogP contribution in [0.25, 0.3) is 6.08 Å². The summed E-state index contributed by atoms with van der Waals surface area (Å²) >= 11 is 7.41. The highest BCUT2D eigenvalue weighted by atomic mass is 35.5. The summed E-state index contributed by atoms with van der Waals surface area (Å²) in [4.78, 5) is 27.3. The van der Waals surface area contributed by atoms with Gasteiger partial charge in [0.05, 0.1) is 17.0 Å². The molecule has 0 saturated carbocycles. The van der Waals surface area contributed by atoms with Crippen LogP contribution < -0.4 is 14.8 Å². The first-order chi connectivity index (χ1) is 13.9. The van der Waals surface area contributed by atoms with Crippen LogP contribution in [0.4, 0.5) is 4.39 Å². The molecule has 1 heterocycles. The maximum absolute atomic E-state index is 13.0. The van der Waals surface area contributed by atoms with Crippen LogP contribution in [-0.4, -0.2) is 24.1 Å². The highest BCUT2D eigenvalue weighted by Crippen LogP contribution is 2.38. The summed E-state index contributed by atoms with van der Waals surface area (Å²) in [5.74, 6) is -0.374. The van der Waals surface area contributed by atoms with Crippen LogP contribution in [0.2, 0.25) is 5.02 Å². The molecule has 0 atom stereocenters. The number of thioether (sulfide) groups is 1. The molecule has 3 rings (SSSR count). The van der Waals surface area contributed by atoms with Crippen molar-refractivity contribution in [2.24, 2.45) is 4.99 Å². The second kappa shape index (κ2) is 9.11. The number of hydrogen-bond acceptors (Lipinski definition) is 5. The van der Waals surface area contributed by atoms with Crippen molar-refractivity contribution in [3.05, 3.63) is 63.3 Å².